The van der Waals surface area contributed by atoms with Gasteiger partial charge >= 0.3 is 5.97 Å². The van der Waals surface area contributed by atoms with Crippen LogP contribution in [-0.2, 0) is 4.79 Å². The van der Waals surface area contributed by atoms with E-state index in [0.29, 0.717) is 17.8 Å². The molecular formula is C11H15ClO2. The first-order valence-corrected chi connectivity index (χ1v) is 5.93. The molecule has 14 heavy (non-hydrogen) atoms. The van der Waals surface area contributed by atoms with Crippen molar-refractivity contribution < 1.29 is 9.90 Å². The molecule has 2 nitrogen and oxygen atoms in total. The van der Waals surface area contributed by atoms with Gasteiger partial charge in [0.25, 0.3) is 0 Å². The predicted octanol–water partition coefficient (Wildman–Crippen LogP) is 2.50. The topological polar surface area (TPSA) is 37.3 Å². The Morgan fingerprint density at radius 2 is 1.79 bits per heavy atom. The Hall–Kier alpha value is -0.240. The van der Waals surface area contributed by atoms with Gasteiger partial charge < -0.3 is 5.11 Å². The van der Waals surface area contributed by atoms with Crippen LogP contribution in [0.4, 0.5) is 0 Å². The molecule has 4 aliphatic rings. The highest BCUT2D eigenvalue weighted by molar-refractivity contribution is 6.23. The number of halogens is 1. The lowest BCUT2D eigenvalue weighted by Crippen LogP contribution is -2.57. The molecule has 1 N–H and O–H groups in total. The Morgan fingerprint density at radius 1 is 1.21 bits per heavy atom. The summed E-state index contributed by atoms with van der Waals surface area (Å²) in [4.78, 5) is 11.4. The fourth-order valence-electron chi connectivity index (χ4n) is 4.27. The number of alkyl halides is 1. The second-order valence-electron chi connectivity index (χ2n) is 5.47. The minimum absolute atomic E-state index is 0.104. The Morgan fingerprint density at radius 3 is 2.29 bits per heavy atom. The van der Waals surface area contributed by atoms with Crippen molar-refractivity contribution in [3.8, 4) is 0 Å². The average Bonchev–Trinajstić information content (AvgIpc) is 2.12. The number of carboxylic acid groups (broad SMARTS) is 1. The van der Waals surface area contributed by atoms with Crippen LogP contribution in [0.5, 0.6) is 0 Å². The molecule has 0 aromatic heterocycles. The van der Waals surface area contributed by atoms with Gasteiger partial charge in [-0.25, -0.2) is 0 Å². The van der Waals surface area contributed by atoms with Gasteiger partial charge in [-0.1, -0.05) is 0 Å². The Balaban J connectivity index is 2.01. The van der Waals surface area contributed by atoms with E-state index in [0.717, 1.165) is 12.8 Å². The summed E-state index contributed by atoms with van der Waals surface area (Å²) in [6, 6.07) is 0. The van der Waals surface area contributed by atoms with Crippen molar-refractivity contribution >= 4 is 17.6 Å². The third-order valence-electron chi connectivity index (χ3n) is 4.61. The van der Waals surface area contributed by atoms with Crippen LogP contribution in [0, 0.1) is 23.2 Å². The molecular weight excluding hydrogens is 200 g/mol. The van der Waals surface area contributed by atoms with E-state index in [9.17, 15) is 9.90 Å². The van der Waals surface area contributed by atoms with Crippen LogP contribution in [0.2, 0.25) is 0 Å². The molecule has 0 aliphatic heterocycles. The molecule has 0 unspecified atom stereocenters. The van der Waals surface area contributed by atoms with Crippen molar-refractivity contribution in [3.63, 3.8) is 0 Å². The first-order valence-electron chi connectivity index (χ1n) is 5.49. The highest BCUT2D eigenvalue weighted by Crippen LogP contribution is 2.61. The average molecular weight is 215 g/mol. The van der Waals surface area contributed by atoms with Gasteiger partial charge in [0.1, 0.15) is 0 Å². The highest BCUT2D eigenvalue weighted by atomic mass is 35.5. The van der Waals surface area contributed by atoms with Crippen LogP contribution < -0.4 is 0 Å². The number of carbonyl (C=O) groups is 1. The first-order chi connectivity index (χ1) is 6.62. The van der Waals surface area contributed by atoms with E-state index in [1.165, 1.54) is 19.3 Å². The zero-order valence-corrected chi connectivity index (χ0v) is 8.83. The van der Waals surface area contributed by atoms with Crippen LogP contribution in [0.1, 0.15) is 32.1 Å². The summed E-state index contributed by atoms with van der Waals surface area (Å²) in [7, 11) is 0. The summed E-state index contributed by atoms with van der Waals surface area (Å²) < 4.78 is 0. The fraction of sp³-hybridized carbons (Fsp3) is 0.909. The van der Waals surface area contributed by atoms with E-state index >= 15 is 0 Å². The molecule has 4 saturated carbocycles. The zero-order chi connectivity index (χ0) is 9.92. The highest BCUT2D eigenvalue weighted by Gasteiger charge is 2.60. The SMILES string of the molecule is O=C(O)C12C[C@H]3CC(C[C@@H](C3)C1)[C@@H]2Cl. The van der Waals surface area contributed by atoms with E-state index in [4.69, 9.17) is 11.6 Å². The lowest BCUT2D eigenvalue weighted by Gasteiger charge is -2.57. The van der Waals surface area contributed by atoms with Crippen LogP contribution in [-0.4, -0.2) is 16.5 Å². The lowest BCUT2D eigenvalue weighted by molar-refractivity contribution is -0.163. The van der Waals surface area contributed by atoms with Gasteiger partial charge in [0.2, 0.25) is 0 Å². The van der Waals surface area contributed by atoms with Crippen molar-refractivity contribution in [2.24, 2.45) is 23.2 Å². The first kappa shape index (κ1) is 9.02. The summed E-state index contributed by atoms with van der Waals surface area (Å²) in [5.41, 5.74) is -0.559. The number of carboxylic acids is 1. The molecule has 4 bridgehead atoms. The number of rotatable bonds is 1. The van der Waals surface area contributed by atoms with Gasteiger partial charge in [-0.2, -0.15) is 0 Å². The molecule has 78 valence electrons. The monoisotopic (exact) mass is 214 g/mol. The summed E-state index contributed by atoms with van der Waals surface area (Å²) in [6.45, 7) is 0. The van der Waals surface area contributed by atoms with E-state index in [1.807, 2.05) is 0 Å². The molecule has 0 aromatic carbocycles. The Labute approximate surface area is 88.6 Å². The number of aliphatic carboxylic acids is 1. The van der Waals surface area contributed by atoms with Gasteiger partial charge in [-0.05, 0) is 49.9 Å². The van der Waals surface area contributed by atoms with Gasteiger partial charge in [-0.15, -0.1) is 11.6 Å². The van der Waals surface area contributed by atoms with Crippen LogP contribution in [0.3, 0.4) is 0 Å². The Bertz CT molecular complexity index is 275. The van der Waals surface area contributed by atoms with Crippen LogP contribution >= 0.6 is 11.6 Å². The van der Waals surface area contributed by atoms with Crippen molar-refractivity contribution in [2.75, 3.05) is 0 Å². The van der Waals surface area contributed by atoms with Gasteiger partial charge in [0.05, 0.1) is 10.8 Å². The van der Waals surface area contributed by atoms with Gasteiger partial charge in [0.15, 0.2) is 0 Å². The molecule has 0 radical (unpaired) electrons. The number of hydrogen-bond acceptors (Lipinski definition) is 1. The van der Waals surface area contributed by atoms with E-state index in [-0.39, 0.29) is 5.38 Å². The molecule has 4 fully saturated rings. The van der Waals surface area contributed by atoms with E-state index in [1.54, 1.807) is 0 Å². The van der Waals surface area contributed by atoms with E-state index < -0.39 is 11.4 Å². The molecule has 4 aliphatic carbocycles. The molecule has 0 heterocycles. The molecule has 0 amide bonds. The second kappa shape index (κ2) is 2.66. The third-order valence-corrected chi connectivity index (χ3v) is 5.39. The molecule has 3 atom stereocenters. The predicted molar refractivity (Wildman–Crippen MR) is 53.3 cm³/mol. The van der Waals surface area contributed by atoms with E-state index in [2.05, 4.69) is 0 Å². The van der Waals surface area contributed by atoms with Gasteiger partial charge in [0, 0.05) is 0 Å². The molecule has 0 spiro atoms. The maximum Gasteiger partial charge on any atom is 0.311 e. The zero-order valence-electron chi connectivity index (χ0n) is 8.08. The van der Waals surface area contributed by atoms with Crippen molar-refractivity contribution in [2.45, 2.75) is 37.5 Å². The summed E-state index contributed by atoms with van der Waals surface area (Å²) in [5, 5.41) is 9.26. The second-order valence-corrected chi connectivity index (χ2v) is 5.94. The quantitative estimate of drug-likeness (QED) is 0.681. The molecule has 4 rings (SSSR count). The van der Waals surface area contributed by atoms with Crippen LogP contribution in [0.15, 0.2) is 0 Å². The van der Waals surface area contributed by atoms with Crippen molar-refractivity contribution in [3.05, 3.63) is 0 Å². The molecule has 0 saturated heterocycles. The molecule has 3 heteroatoms. The van der Waals surface area contributed by atoms with Crippen LogP contribution in [0.25, 0.3) is 0 Å². The summed E-state index contributed by atoms with van der Waals surface area (Å²) in [5.74, 6) is 1.15. The largest absolute Gasteiger partial charge is 0.481 e. The smallest absolute Gasteiger partial charge is 0.311 e. The molecule has 0 aromatic rings. The third kappa shape index (κ3) is 0.955. The number of hydrogen-bond donors (Lipinski definition) is 1. The maximum atomic E-state index is 11.4. The maximum absolute atomic E-state index is 11.4. The normalized spacial score (nSPS) is 54.9. The standard InChI is InChI=1S/C11H15ClO2/c12-9-8-2-6-1-7(3-8)5-11(9,4-6)10(13)14/h6-9H,1-5H2,(H,13,14)/t6-,7-,8?,9+,11?/m1/s1. The Kier molecular flexibility index (Phi) is 1.71. The lowest BCUT2D eigenvalue weighted by atomic mass is 9.49. The van der Waals surface area contributed by atoms with Crippen molar-refractivity contribution in [1.82, 2.24) is 0 Å². The fourth-order valence-corrected chi connectivity index (χ4v) is 4.75. The summed E-state index contributed by atoms with van der Waals surface area (Å²) >= 11 is 6.34. The minimum atomic E-state index is -0.642. The summed E-state index contributed by atoms with van der Waals surface area (Å²) in [6.07, 6.45) is 5.29. The minimum Gasteiger partial charge on any atom is -0.481 e. The van der Waals surface area contributed by atoms with Crippen molar-refractivity contribution in [1.29, 1.82) is 0 Å². The van der Waals surface area contributed by atoms with Gasteiger partial charge in [-0.3, -0.25) is 4.79 Å².